The van der Waals surface area contributed by atoms with Crippen molar-refractivity contribution in [1.82, 2.24) is 25.8 Å². The van der Waals surface area contributed by atoms with Gasteiger partial charge in [-0.3, -0.25) is 0 Å². The van der Waals surface area contributed by atoms with Gasteiger partial charge < -0.3 is 25.2 Å². The van der Waals surface area contributed by atoms with Crippen LogP contribution in [0.25, 0.3) is 22.6 Å². The van der Waals surface area contributed by atoms with E-state index in [9.17, 15) is 0 Å². The molecule has 8 nitrogen and oxygen atoms in total. The van der Waals surface area contributed by atoms with Crippen LogP contribution < -0.4 is 16.0 Å². The van der Waals surface area contributed by atoms with Gasteiger partial charge in [0.05, 0.1) is 17.0 Å². The van der Waals surface area contributed by atoms with E-state index in [0.717, 1.165) is 90.9 Å². The second-order valence-corrected chi connectivity index (χ2v) is 9.03. The summed E-state index contributed by atoms with van der Waals surface area (Å²) in [5.74, 6) is 2.34. The number of nitrogens with zero attached hydrogens (tertiary/aromatic N) is 3. The fourth-order valence-electron chi connectivity index (χ4n) is 4.34. The van der Waals surface area contributed by atoms with E-state index < -0.39 is 0 Å². The standard InChI is InChI=1S/C26H36N6O2/c1-16-6-7-20(15-28-11-10-27-5)14-22(16)26-30-24(23-18(3)32-34-19(23)4)17(2)25(31-26)29-21-8-12-33-13-9-21/h6-7,14,21,27-28H,8-13,15H2,1-5H3,(H,29,30,31). The second kappa shape index (κ2) is 11.1. The van der Waals surface area contributed by atoms with E-state index in [-0.39, 0.29) is 0 Å². The zero-order valence-corrected chi connectivity index (χ0v) is 20.9. The Kier molecular flexibility index (Phi) is 7.92. The molecule has 1 fully saturated rings. The Labute approximate surface area is 201 Å². The van der Waals surface area contributed by atoms with Crippen LogP contribution in [0.5, 0.6) is 0 Å². The Morgan fingerprint density at radius 3 is 2.53 bits per heavy atom. The average Bonchev–Trinajstić information content (AvgIpc) is 3.17. The summed E-state index contributed by atoms with van der Waals surface area (Å²) in [5, 5.41) is 14.5. The maximum Gasteiger partial charge on any atom is 0.162 e. The lowest BCUT2D eigenvalue weighted by atomic mass is 10.0. The monoisotopic (exact) mass is 464 g/mol. The van der Waals surface area contributed by atoms with Gasteiger partial charge in [0.1, 0.15) is 11.6 Å². The number of ether oxygens (including phenoxy) is 1. The third kappa shape index (κ3) is 5.46. The van der Waals surface area contributed by atoms with Gasteiger partial charge in [-0.1, -0.05) is 17.3 Å². The molecule has 8 heteroatoms. The van der Waals surface area contributed by atoms with Crippen LogP contribution in [0.1, 0.15) is 41.0 Å². The van der Waals surface area contributed by atoms with Gasteiger partial charge >= 0.3 is 0 Å². The Hall–Kier alpha value is -2.81. The lowest BCUT2D eigenvalue weighted by molar-refractivity contribution is 0.0904. The molecule has 0 atom stereocenters. The highest BCUT2D eigenvalue weighted by atomic mass is 16.5. The van der Waals surface area contributed by atoms with Gasteiger partial charge in [-0.05, 0) is 64.8 Å². The van der Waals surface area contributed by atoms with Crippen molar-refractivity contribution in [3.63, 3.8) is 0 Å². The van der Waals surface area contributed by atoms with Crippen LogP contribution in [0.2, 0.25) is 0 Å². The van der Waals surface area contributed by atoms with Crippen molar-refractivity contribution < 1.29 is 9.26 Å². The molecule has 0 unspecified atom stereocenters. The van der Waals surface area contributed by atoms with E-state index in [1.807, 2.05) is 20.9 Å². The second-order valence-electron chi connectivity index (χ2n) is 9.03. The van der Waals surface area contributed by atoms with Gasteiger partial charge in [-0.15, -0.1) is 0 Å². The molecule has 0 radical (unpaired) electrons. The number of rotatable bonds is 9. The highest BCUT2D eigenvalue weighted by molar-refractivity contribution is 5.75. The van der Waals surface area contributed by atoms with E-state index >= 15 is 0 Å². The normalized spacial score (nSPS) is 14.5. The van der Waals surface area contributed by atoms with Crippen LogP contribution in [0.4, 0.5) is 5.82 Å². The van der Waals surface area contributed by atoms with E-state index in [2.05, 4.69) is 53.2 Å². The minimum atomic E-state index is 0.330. The first-order chi connectivity index (χ1) is 16.5. The molecule has 2 aromatic heterocycles. The minimum Gasteiger partial charge on any atom is -0.381 e. The molecule has 4 rings (SSSR count). The lowest BCUT2D eigenvalue weighted by Crippen LogP contribution is -2.28. The summed E-state index contributed by atoms with van der Waals surface area (Å²) >= 11 is 0. The fourth-order valence-corrected chi connectivity index (χ4v) is 4.34. The van der Waals surface area contributed by atoms with E-state index in [4.69, 9.17) is 19.2 Å². The summed E-state index contributed by atoms with van der Waals surface area (Å²) in [6.45, 7) is 12.3. The highest BCUT2D eigenvalue weighted by Crippen LogP contribution is 2.34. The van der Waals surface area contributed by atoms with Crippen LogP contribution in [-0.2, 0) is 11.3 Å². The Bertz CT molecular complexity index is 1100. The molecule has 182 valence electrons. The zero-order chi connectivity index (χ0) is 24.1. The summed E-state index contributed by atoms with van der Waals surface area (Å²) in [5.41, 5.74) is 7.04. The number of nitrogens with one attached hydrogen (secondary N) is 3. The number of anilines is 1. The van der Waals surface area contributed by atoms with Crippen molar-refractivity contribution >= 4 is 5.82 Å². The molecule has 1 aromatic carbocycles. The Morgan fingerprint density at radius 1 is 1.03 bits per heavy atom. The largest absolute Gasteiger partial charge is 0.381 e. The molecule has 1 aliphatic heterocycles. The zero-order valence-electron chi connectivity index (χ0n) is 20.9. The summed E-state index contributed by atoms with van der Waals surface area (Å²) in [7, 11) is 1.96. The van der Waals surface area contributed by atoms with Crippen molar-refractivity contribution in [3.8, 4) is 22.6 Å². The van der Waals surface area contributed by atoms with E-state index in [1.54, 1.807) is 0 Å². The summed E-state index contributed by atoms with van der Waals surface area (Å²) < 4.78 is 11.0. The highest BCUT2D eigenvalue weighted by Gasteiger charge is 2.23. The molecule has 1 aliphatic rings. The third-order valence-electron chi connectivity index (χ3n) is 6.40. The molecule has 0 saturated carbocycles. The molecule has 3 heterocycles. The first-order valence-corrected chi connectivity index (χ1v) is 12.1. The van der Waals surface area contributed by atoms with Gasteiger partial charge in [-0.2, -0.15) is 0 Å². The maximum absolute atomic E-state index is 5.55. The van der Waals surface area contributed by atoms with Crippen LogP contribution in [0.15, 0.2) is 22.7 Å². The first kappa shape index (κ1) is 24.3. The molecule has 3 aromatic rings. The van der Waals surface area contributed by atoms with Crippen molar-refractivity contribution in [2.45, 2.75) is 53.1 Å². The van der Waals surface area contributed by atoms with Crippen molar-refractivity contribution in [2.24, 2.45) is 0 Å². The minimum absolute atomic E-state index is 0.330. The number of likely N-dealkylation sites (N-methyl/N-ethyl adjacent to an activating group) is 1. The fraction of sp³-hybridized carbons (Fsp3) is 0.500. The van der Waals surface area contributed by atoms with Gasteiger partial charge in [0.15, 0.2) is 5.82 Å². The van der Waals surface area contributed by atoms with E-state index in [1.165, 1.54) is 5.56 Å². The molecular formula is C26H36N6O2. The van der Waals surface area contributed by atoms with Gasteiger partial charge in [0, 0.05) is 50.0 Å². The molecular weight excluding hydrogens is 428 g/mol. The molecule has 0 bridgehead atoms. The number of aryl methyl sites for hydroxylation is 3. The van der Waals surface area contributed by atoms with Crippen molar-refractivity contribution in [1.29, 1.82) is 0 Å². The Morgan fingerprint density at radius 2 is 1.82 bits per heavy atom. The predicted molar refractivity (Wildman–Crippen MR) is 135 cm³/mol. The number of hydrogen-bond acceptors (Lipinski definition) is 8. The molecule has 3 N–H and O–H groups in total. The quantitative estimate of drug-likeness (QED) is 0.410. The number of aromatic nitrogens is 3. The predicted octanol–water partition coefficient (Wildman–Crippen LogP) is 3.93. The summed E-state index contributed by atoms with van der Waals surface area (Å²) in [6, 6.07) is 6.84. The number of hydrogen-bond donors (Lipinski definition) is 3. The van der Waals surface area contributed by atoms with E-state index in [0.29, 0.717) is 11.9 Å². The summed E-state index contributed by atoms with van der Waals surface area (Å²) in [4.78, 5) is 10.1. The topological polar surface area (TPSA) is 97.1 Å². The SMILES string of the molecule is CNCCNCc1ccc(C)c(-c2nc(NC3CCOCC3)c(C)c(-c3c(C)noc3C)n2)c1. The van der Waals surface area contributed by atoms with Crippen LogP contribution in [0.3, 0.4) is 0 Å². The van der Waals surface area contributed by atoms with Crippen LogP contribution in [-0.4, -0.2) is 54.5 Å². The van der Waals surface area contributed by atoms with Crippen molar-refractivity contribution in [2.75, 3.05) is 38.7 Å². The first-order valence-electron chi connectivity index (χ1n) is 12.1. The molecule has 0 spiro atoms. The smallest absolute Gasteiger partial charge is 0.162 e. The lowest BCUT2D eigenvalue weighted by Gasteiger charge is -2.25. The van der Waals surface area contributed by atoms with Gasteiger partial charge in [0.2, 0.25) is 0 Å². The van der Waals surface area contributed by atoms with Gasteiger partial charge in [-0.25, -0.2) is 9.97 Å². The molecule has 0 amide bonds. The third-order valence-corrected chi connectivity index (χ3v) is 6.40. The van der Waals surface area contributed by atoms with Gasteiger partial charge in [0.25, 0.3) is 0 Å². The van der Waals surface area contributed by atoms with Crippen molar-refractivity contribution in [3.05, 3.63) is 46.3 Å². The average molecular weight is 465 g/mol. The van der Waals surface area contributed by atoms with Crippen LogP contribution >= 0.6 is 0 Å². The molecule has 34 heavy (non-hydrogen) atoms. The Balaban J connectivity index is 1.76. The molecule has 1 saturated heterocycles. The molecule has 0 aliphatic carbocycles. The summed E-state index contributed by atoms with van der Waals surface area (Å²) in [6.07, 6.45) is 1.93. The maximum atomic E-state index is 5.55. The van der Waals surface area contributed by atoms with Crippen LogP contribution in [0, 0.1) is 27.7 Å². The number of benzene rings is 1.